The van der Waals surface area contributed by atoms with Crippen molar-refractivity contribution in [2.45, 2.75) is 5.60 Å². The monoisotopic (exact) mass is 276 g/mol. The van der Waals surface area contributed by atoms with Crippen molar-refractivity contribution in [1.29, 1.82) is 0 Å². The molecule has 0 aromatic heterocycles. The van der Waals surface area contributed by atoms with Crippen LogP contribution in [0.25, 0.3) is 0 Å². The third kappa shape index (κ3) is 2.46. The van der Waals surface area contributed by atoms with Crippen LogP contribution < -0.4 is 0 Å². The molecule has 2 aromatic carbocycles. The van der Waals surface area contributed by atoms with E-state index in [4.69, 9.17) is 0 Å². The highest BCUT2D eigenvalue weighted by Gasteiger charge is 2.40. The Hall–Kier alpha value is -2.45. The van der Waals surface area contributed by atoms with Gasteiger partial charge in [0.1, 0.15) is 5.60 Å². The zero-order valence-corrected chi connectivity index (χ0v) is 11.5. The van der Waals surface area contributed by atoms with Crippen LogP contribution in [0.4, 0.5) is 0 Å². The molecule has 104 valence electrons. The van der Waals surface area contributed by atoms with Crippen LogP contribution >= 0.6 is 0 Å². The second-order valence-electron chi connectivity index (χ2n) is 5.14. The number of aliphatic hydroxyl groups is 1. The minimum atomic E-state index is -1.30. The first-order valence-electron chi connectivity index (χ1n) is 6.95. The van der Waals surface area contributed by atoms with Crippen molar-refractivity contribution < 1.29 is 9.90 Å². The van der Waals surface area contributed by atoms with Gasteiger partial charge in [-0.2, -0.15) is 0 Å². The van der Waals surface area contributed by atoms with Gasteiger partial charge in [-0.15, -0.1) is 0 Å². The maximum Gasteiger partial charge on any atom is 0.173 e. The van der Waals surface area contributed by atoms with E-state index >= 15 is 0 Å². The third-order valence-electron chi connectivity index (χ3n) is 3.82. The van der Waals surface area contributed by atoms with E-state index in [1.165, 1.54) is 0 Å². The average molecular weight is 276 g/mol. The van der Waals surface area contributed by atoms with Gasteiger partial charge >= 0.3 is 0 Å². The summed E-state index contributed by atoms with van der Waals surface area (Å²) in [6, 6.07) is 18.4. The van der Waals surface area contributed by atoms with E-state index in [2.05, 4.69) is 0 Å². The van der Waals surface area contributed by atoms with Crippen LogP contribution in [-0.4, -0.2) is 10.9 Å². The Labute approximate surface area is 124 Å². The maximum absolute atomic E-state index is 12.7. The number of hydrogen-bond acceptors (Lipinski definition) is 2. The smallest absolute Gasteiger partial charge is 0.173 e. The van der Waals surface area contributed by atoms with Crippen LogP contribution in [0, 0.1) is 5.92 Å². The van der Waals surface area contributed by atoms with E-state index in [1.54, 1.807) is 30.4 Å². The number of ketones is 1. The zero-order chi connectivity index (χ0) is 14.7. The van der Waals surface area contributed by atoms with Crippen molar-refractivity contribution >= 4 is 5.78 Å². The van der Waals surface area contributed by atoms with Gasteiger partial charge in [-0.1, -0.05) is 78.9 Å². The van der Waals surface area contributed by atoms with Crippen LogP contribution in [0.3, 0.4) is 0 Å². The predicted octanol–water partition coefficient (Wildman–Crippen LogP) is 3.50. The van der Waals surface area contributed by atoms with Crippen molar-refractivity contribution in [1.82, 2.24) is 0 Å². The highest BCUT2D eigenvalue weighted by molar-refractivity contribution is 6.00. The lowest BCUT2D eigenvalue weighted by atomic mass is 9.75. The first-order chi connectivity index (χ1) is 10.2. The highest BCUT2D eigenvalue weighted by Crippen LogP contribution is 2.36. The molecular formula is C19H16O2. The number of carbonyl (C=O) groups excluding carboxylic acids is 1. The van der Waals surface area contributed by atoms with Crippen molar-refractivity contribution in [3.8, 4) is 0 Å². The molecule has 0 heterocycles. The Bertz CT molecular complexity index is 686. The van der Waals surface area contributed by atoms with E-state index in [9.17, 15) is 9.90 Å². The van der Waals surface area contributed by atoms with Gasteiger partial charge in [0, 0.05) is 5.56 Å². The first-order valence-corrected chi connectivity index (χ1v) is 6.95. The van der Waals surface area contributed by atoms with E-state index < -0.39 is 11.5 Å². The Morgan fingerprint density at radius 3 is 2.19 bits per heavy atom. The second-order valence-corrected chi connectivity index (χ2v) is 5.14. The fourth-order valence-electron chi connectivity index (χ4n) is 2.68. The van der Waals surface area contributed by atoms with E-state index in [1.807, 2.05) is 54.6 Å². The third-order valence-corrected chi connectivity index (χ3v) is 3.82. The number of rotatable bonds is 3. The molecule has 0 saturated heterocycles. The van der Waals surface area contributed by atoms with Crippen LogP contribution in [0.2, 0.25) is 0 Å². The number of hydrogen-bond donors (Lipinski definition) is 1. The van der Waals surface area contributed by atoms with Crippen molar-refractivity contribution in [2.24, 2.45) is 5.92 Å². The van der Waals surface area contributed by atoms with E-state index in [0.29, 0.717) is 5.56 Å². The minimum Gasteiger partial charge on any atom is -0.380 e. The summed E-state index contributed by atoms with van der Waals surface area (Å²) in [6.07, 6.45) is 7.04. The summed E-state index contributed by atoms with van der Waals surface area (Å²) >= 11 is 0. The quantitative estimate of drug-likeness (QED) is 0.871. The summed E-state index contributed by atoms with van der Waals surface area (Å²) in [7, 11) is 0. The molecule has 0 spiro atoms. The first kappa shape index (κ1) is 13.5. The molecule has 2 nitrogen and oxygen atoms in total. The maximum atomic E-state index is 12.7. The number of allylic oxidation sites excluding steroid dienone is 2. The molecule has 1 aliphatic carbocycles. The van der Waals surface area contributed by atoms with Gasteiger partial charge in [0.15, 0.2) is 5.78 Å². The summed E-state index contributed by atoms with van der Waals surface area (Å²) in [6.45, 7) is 0. The molecule has 2 atom stereocenters. The van der Waals surface area contributed by atoms with Crippen LogP contribution in [-0.2, 0) is 5.60 Å². The molecule has 1 aliphatic rings. The van der Waals surface area contributed by atoms with Gasteiger partial charge in [0.25, 0.3) is 0 Å². The summed E-state index contributed by atoms with van der Waals surface area (Å²) in [5.74, 6) is -0.699. The molecule has 0 amide bonds. The molecule has 0 saturated carbocycles. The fraction of sp³-hybridized carbons (Fsp3) is 0.105. The Morgan fingerprint density at radius 1 is 0.905 bits per heavy atom. The van der Waals surface area contributed by atoms with E-state index in [0.717, 1.165) is 5.56 Å². The van der Waals surface area contributed by atoms with Gasteiger partial charge in [0.05, 0.1) is 5.92 Å². The lowest BCUT2D eigenvalue weighted by Crippen LogP contribution is -2.38. The molecule has 0 aliphatic heterocycles. The Balaban J connectivity index is 2.02. The highest BCUT2D eigenvalue weighted by atomic mass is 16.3. The molecule has 0 bridgehead atoms. The average Bonchev–Trinajstić information content (AvgIpc) is 2.56. The van der Waals surface area contributed by atoms with Gasteiger partial charge in [-0.3, -0.25) is 4.79 Å². The minimum absolute atomic E-state index is 0.0810. The normalized spacial score (nSPS) is 24.0. The van der Waals surface area contributed by atoms with Crippen molar-refractivity contribution in [3.05, 3.63) is 96.1 Å². The lowest BCUT2D eigenvalue weighted by Gasteiger charge is -2.33. The molecule has 0 radical (unpaired) electrons. The Kier molecular flexibility index (Phi) is 3.55. The zero-order valence-electron chi connectivity index (χ0n) is 11.5. The molecule has 21 heavy (non-hydrogen) atoms. The summed E-state index contributed by atoms with van der Waals surface area (Å²) in [5.41, 5.74) is 0.0276. The van der Waals surface area contributed by atoms with E-state index in [-0.39, 0.29) is 5.78 Å². The fourth-order valence-corrected chi connectivity index (χ4v) is 2.68. The number of carbonyl (C=O) groups is 1. The second kappa shape index (κ2) is 5.51. The molecule has 2 unspecified atom stereocenters. The molecule has 2 aromatic rings. The molecule has 1 N–H and O–H groups in total. The number of Topliss-reactive ketones (excluding diaryl/α,β-unsaturated/α-hetero) is 1. The summed E-state index contributed by atoms with van der Waals surface area (Å²) in [5, 5.41) is 11.1. The lowest BCUT2D eigenvalue weighted by molar-refractivity contribution is 0.0380. The van der Waals surface area contributed by atoms with Crippen molar-refractivity contribution in [3.63, 3.8) is 0 Å². The molecule has 2 heteroatoms. The standard InChI is InChI=1S/C19H16O2/c20-18(15-9-3-1-4-10-15)17-13-7-8-14-19(17,21)16-11-5-2-6-12-16/h1-14,17,21H. The molecule has 3 rings (SSSR count). The van der Waals surface area contributed by atoms with Gasteiger partial charge < -0.3 is 5.11 Å². The molecular weight excluding hydrogens is 260 g/mol. The molecule has 0 fully saturated rings. The van der Waals surface area contributed by atoms with Crippen molar-refractivity contribution in [2.75, 3.05) is 0 Å². The Morgan fingerprint density at radius 2 is 1.52 bits per heavy atom. The number of benzene rings is 2. The SMILES string of the molecule is O=C(c1ccccc1)C1C=CC=CC1(O)c1ccccc1. The van der Waals surface area contributed by atoms with Gasteiger partial charge in [0.2, 0.25) is 0 Å². The topological polar surface area (TPSA) is 37.3 Å². The van der Waals surface area contributed by atoms with Crippen LogP contribution in [0.15, 0.2) is 85.0 Å². The predicted molar refractivity (Wildman–Crippen MR) is 82.9 cm³/mol. The van der Waals surface area contributed by atoms with Gasteiger partial charge in [-0.25, -0.2) is 0 Å². The van der Waals surface area contributed by atoms with Crippen LogP contribution in [0.5, 0.6) is 0 Å². The largest absolute Gasteiger partial charge is 0.380 e. The van der Waals surface area contributed by atoms with Crippen LogP contribution in [0.1, 0.15) is 15.9 Å². The summed E-state index contributed by atoms with van der Waals surface area (Å²) < 4.78 is 0. The summed E-state index contributed by atoms with van der Waals surface area (Å²) in [4.78, 5) is 12.7. The van der Waals surface area contributed by atoms with Gasteiger partial charge in [-0.05, 0) is 11.6 Å².